The molecule has 0 aromatic carbocycles. The summed E-state index contributed by atoms with van der Waals surface area (Å²) in [7, 11) is 3.78. The lowest BCUT2D eigenvalue weighted by Crippen LogP contribution is -2.38. The molecular weight excluding hydrogens is 240 g/mol. The van der Waals surface area contributed by atoms with Gasteiger partial charge in [-0.1, -0.05) is 0 Å². The number of halogens is 1. The van der Waals surface area contributed by atoms with Gasteiger partial charge >= 0.3 is 6.09 Å². The van der Waals surface area contributed by atoms with E-state index in [4.69, 9.17) is 16.3 Å². The predicted octanol–water partition coefficient (Wildman–Crippen LogP) is 2.41. The lowest BCUT2D eigenvalue weighted by molar-refractivity contribution is 0.0287. The van der Waals surface area contributed by atoms with Crippen molar-refractivity contribution < 1.29 is 9.53 Å². The molecule has 0 aromatic rings. The second-order valence-corrected chi connectivity index (χ2v) is 5.63. The molecule has 0 atom stereocenters. The molecule has 0 fully saturated rings. The van der Waals surface area contributed by atoms with Crippen LogP contribution in [0.25, 0.3) is 0 Å². The molecule has 0 unspecified atom stereocenters. The van der Waals surface area contributed by atoms with Gasteiger partial charge in [-0.2, -0.15) is 0 Å². The first-order valence-corrected chi connectivity index (χ1v) is 6.48. The summed E-state index contributed by atoms with van der Waals surface area (Å²) in [5, 5.41) is 0. The number of ether oxygens (including phenoxy) is 1. The molecule has 1 amide bonds. The molecule has 0 saturated heterocycles. The third kappa shape index (κ3) is 9.24. The van der Waals surface area contributed by atoms with Crippen molar-refractivity contribution in [2.75, 3.05) is 39.6 Å². The Bertz CT molecular complexity index is 229. The average molecular weight is 265 g/mol. The fourth-order valence-corrected chi connectivity index (χ4v) is 1.31. The number of carbonyl (C=O) groups is 1. The highest BCUT2D eigenvalue weighted by Crippen LogP contribution is 2.08. The summed E-state index contributed by atoms with van der Waals surface area (Å²) < 4.78 is 5.26. The van der Waals surface area contributed by atoms with E-state index in [9.17, 15) is 4.79 Å². The minimum atomic E-state index is -0.435. The van der Waals surface area contributed by atoms with Crippen molar-refractivity contribution in [2.24, 2.45) is 0 Å². The number of carbonyl (C=O) groups excluding carboxylic acids is 1. The van der Waals surface area contributed by atoms with Crippen molar-refractivity contribution in [1.82, 2.24) is 9.80 Å². The molecule has 0 spiro atoms. The van der Waals surface area contributed by atoms with Crippen LogP contribution >= 0.6 is 11.6 Å². The number of hydrogen-bond acceptors (Lipinski definition) is 3. The summed E-state index contributed by atoms with van der Waals surface area (Å²) in [5.41, 5.74) is -0.435. The van der Waals surface area contributed by atoms with E-state index in [1.54, 1.807) is 11.9 Å². The maximum atomic E-state index is 11.6. The quantitative estimate of drug-likeness (QED) is 0.691. The molecule has 0 aliphatic heterocycles. The second-order valence-electron chi connectivity index (χ2n) is 5.25. The molecule has 102 valence electrons. The van der Waals surface area contributed by atoms with Crippen LogP contribution in [0.3, 0.4) is 0 Å². The van der Waals surface area contributed by atoms with Gasteiger partial charge in [-0.25, -0.2) is 4.79 Å². The normalized spacial score (nSPS) is 11.7. The van der Waals surface area contributed by atoms with Gasteiger partial charge in [0.05, 0.1) is 0 Å². The van der Waals surface area contributed by atoms with Crippen LogP contribution in [0, 0.1) is 0 Å². The van der Waals surface area contributed by atoms with Crippen LogP contribution in [0.5, 0.6) is 0 Å². The topological polar surface area (TPSA) is 32.8 Å². The fourth-order valence-electron chi connectivity index (χ4n) is 1.19. The van der Waals surface area contributed by atoms with Gasteiger partial charge in [0.1, 0.15) is 5.60 Å². The lowest BCUT2D eigenvalue weighted by Gasteiger charge is -2.26. The number of likely N-dealkylation sites (N-methyl/N-ethyl adjacent to an activating group) is 2. The fraction of sp³-hybridized carbons (Fsp3) is 0.917. The summed E-state index contributed by atoms with van der Waals surface area (Å²) in [6.07, 6.45) is 0.692. The van der Waals surface area contributed by atoms with Gasteiger partial charge in [-0.15, -0.1) is 11.6 Å². The molecule has 17 heavy (non-hydrogen) atoms. The van der Waals surface area contributed by atoms with Crippen LogP contribution < -0.4 is 0 Å². The Balaban J connectivity index is 3.85. The number of hydrogen-bond donors (Lipinski definition) is 0. The molecule has 0 radical (unpaired) electrons. The van der Waals surface area contributed by atoms with Crippen molar-refractivity contribution in [3.63, 3.8) is 0 Å². The third-order valence-electron chi connectivity index (χ3n) is 2.20. The Morgan fingerprint density at radius 2 is 1.76 bits per heavy atom. The van der Waals surface area contributed by atoms with E-state index in [2.05, 4.69) is 4.90 Å². The van der Waals surface area contributed by atoms with Crippen LogP contribution in [0.15, 0.2) is 0 Å². The average Bonchev–Trinajstić information content (AvgIpc) is 2.20. The summed E-state index contributed by atoms with van der Waals surface area (Å²) in [5.74, 6) is 0.673. The first-order valence-electron chi connectivity index (χ1n) is 5.95. The van der Waals surface area contributed by atoms with E-state index in [1.165, 1.54) is 0 Å². The Hall–Kier alpha value is -0.480. The monoisotopic (exact) mass is 264 g/mol. The van der Waals surface area contributed by atoms with Gasteiger partial charge in [-0.3, -0.25) is 0 Å². The van der Waals surface area contributed by atoms with Crippen LogP contribution in [0.1, 0.15) is 27.2 Å². The van der Waals surface area contributed by atoms with Gasteiger partial charge in [-0.05, 0) is 40.8 Å². The predicted molar refractivity (Wildman–Crippen MR) is 71.7 cm³/mol. The number of alkyl halides is 1. The Morgan fingerprint density at radius 3 is 2.24 bits per heavy atom. The minimum Gasteiger partial charge on any atom is -0.444 e. The zero-order chi connectivity index (χ0) is 13.5. The SMILES string of the molecule is CN(CCCCl)CCN(C)C(=O)OC(C)(C)C. The third-order valence-corrected chi connectivity index (χ3v) is 2.46. The Kier molecular flexibility index (Phi) is 7.55. The number of amides is 1. The summed E-state index contributed by atoms with van der Waals surface area (Å²) in [4.78, 5) is 15.4. The van der Waals surface area contributed by atoms with E-state index in [-0.39, 0.29) is 6.09 Å². The van der Waals surface area contributed by atoms with E-state index < -0.39 is 5.60 Å². The van der Waals surface area contributed by atoms with Gasteiger partial charge in [0.2, 0.25) is 0 Å². The lowest BCUT2D eigenvalue weighted by atomic mass is 10.2. The molecule has 0 heterocycles. The molecule has 0 aromatic heterocycles. The largest absolute Gasteiger partial charge is 0.444 e. The van der Waals surface area contributed by atoms with Gasteiger partial charge in [0.25, 0.3) is 0 Å². The molecule has 0 aliphatic carbocycles. The molecule has 0 saturated carbocycles. The Morgan fingerprint density at radius 1 is 1.18 bits per heavy atom. The number of nitrogens with zero attached hydrogens (tertiary/aromatic N) is 2. The van der Waals surface area contributed by atoms with Gasteiger partial charge < -0.3 is 14.5 Å². The Labute approximate surface area is 110 Å². The van der Waals surface area contributed by atoms with Crippen molar-refractivity contribution in [3.05, 3.63) is 0 Å². The molecule has 0 aliphatic rings. The zero-order valence-electron chi connectivity index (χ0n) is 11.6. The molecule has 4 nitrogen and oxygen atoms in total. The number of rotatable bonds is 6. The maximum absolute atomic E-state index is 11.6. The first-order chi connectivity index (χ1) is 7.76. The van der Waals surface area contributed by atoms with Crippen molar-refractivity contribution >= 4 is 17.7 Å². The van der Waals surface area contributed by atoms with Crippen molar-refractivity contribution in [2.45, 2.75) is 32.8 Å². The highest BCUT2D eigenvalue weighted by molar-refractivity contribution is 6.17. The molecule has 0 N–H and O–H groups in total. The van der Waals surface area contributed by atoms with E-state index >= 15 is 0 Å². The van der Waals surface area contributed by atoms with Gasteiger partial charge in [0.15, 0.2) is 0 Å². The van der Waals surface area contributed by atoms with Crippen LogP contribution in [0.4, 0.5) is 4.79 Å². The van der Waals surface area contributed by atoms with Crippen LogP contribution in [-0.4, -0.2) is 61.1 Å². The molecular formula is C12H25ClN2O2. The first kappa shape index (κ1) is 16.5. The second kappa shape index (κ2) is 7.77. The summed E-state index contributed by atoms with van der Waals surface area (Å²) >= 11 is 5.62. The summed E-state index contributed by atoms with van der Waals surface area (Å²) in [6.45, 7) is 8.04. The van der Waals surface area contributed by atoms with E-state index in [0.717, 1.165) is 19.5 Å². The van der Waals surface area contributed by atoms with Crippen molar-refractivity contribution in [1.29, 1.82) is 0 Å². The smallest absolute Gasteiger partial charge is 0.410 e. The molecule has 5 heteroatoms. The standard InChI is InChI=1S/C12H25ClN2O2/c1-12(2,3)17-11(16)15(5)10-9-14(4)8-6-7-13/h6-10H2,1-5H3. The van der Waals surface area contributed by atoms with Crippen LogP contribution in [-0.2, 0) is 4.74 Å². The zero-order valence-corrected chi connectivity index (χ0v) is 12.4. The molecule has 0 rings (SSSR count). The highest BCUT2D eigenvalue weighted by atomic mass is 35.5. The minimum absolute atomic E-state index is 0.275. The van der Waals surface area contributed by atoms with E-state index in [1.807, 2.05) is 27.8 Å². The van der Waals surface area contributed by atoms with E-state index in [0.29, 0.717) is 12.4 Å². The maximum Gasteiger partial charge on any atom is 0.410 e. The van der Waals surface area contributed by atoms with Gasteiger partial charge in [0, 0.05) is 26.0 Å². The summed E-state index contributed by atoms with van der Waals surface area (Å²) in [6, 6.07) is 0. The van der Waals surface area contributed by atoms with Crippen molar-refractivity contribution in [3.8, 4) is 0 Å². The molecule has 0 bridgehead atoms. The van der Waals surface area contributed by atoms with Crippen LogP contribution in [0.2, 0.25) is 0 Å². The highest BCUT2D eigenvalue weighted by Gasteiger charge is 2.19.